The van der Waals surface area contributed by atoms with Crippen molar-refractivity contribution in [1.82, 2.24) is 0 Å². The van der Waals surface area contributed by atoms with Crippen molar-refractivity contribution in [2.75, 3.05) is 5.32 Å². The first kappa shape index (κ1) is 12.9. The summed E-state index contributed by atoms with van der Waals surface area (Å²) in [6, 6.07) is 7.12. The zero-order valence-corrected chi connectivity index (χ0v) is 12.5. The van der Waals surface area contributed by atoms with Crippen LogP contribution in [-0.2, 0) is 0 Å². The summed E-state index contributed by atoms with van der Waals surface area (Å²) in [5, 5.41) is 3.74. The van der Waals surface area contributed by atoms with Gasteiger partial charge in [-0.2, -0.15) is 0 Å². The van der Waals surface area contributed by atoms with E-state index in [4.69, 9.17) is 0 Å². The quantitative estimate of drug-likeness (QED) is 0.810. The van der Waals surface area contributed by atoms with Crippen LogP contribution in [0.3, 0.4) is 0 Å². The summed E-state index contributed by atoms with van der Waals surface area (Å²) in [5.41, 5.74) is 2.56. The van der Waals surface area contributed by atoms with E-state index in [1.165, 1.54) is 35.0 Å². The van der Waals surface area contributed by atoms with Crippen molar-refractivity contribution in [2.45, 2.75) is 46.1 Å². The fourth-order valence-electron chi connectivity index (χ4n) is 2.90. The van der Waals surface area contributed by atoms with Gasteiger partial charge in [0.15, 0.2) is 0 Å². The minimum atomic E-state index is 0.613. The smallest absolute Gasteiger partial charge is 0.0489 e. The van der Waals surface area contributed by atoms with Crippen LogP contribution in [0.15, 0.2) is 22.7 Å². The third-order valence-corrected chi connectivity index (χ3v) is 4.68. The molecule has 0 radical (unpaired) electrons. The SMILES string of the molecule is Cc1ccc(Br)c(NC2C(C)CCCC2C)c1. The number of benzene rings is 1. The molecule has 2 rings (SSSR count). The molecular formula is C15H22BrN. The lowest BCUT2D eigenvalue weighted by Gasteiger charge is -2.36. The van der Waals surface area contributed by atoms with E-state index >= 15 is 0 Å². The minimum absolute atomic E-state index is 0.613. The molecule has 1 saturated carbocycles. The van der Waals surface area contributed by atoms with Gasteiger partial charge in [-0.05, 0) is 65.2 Å². The molecule has 0 heterocycles. The van der Waals surface area contributed by atoms with E-state index in [1.807, 2.05) is 0 Å². The summed E-state index contributed by atoms with van der Waals surface area (Å²) in [7, 11) is 0. The molecule has 1 nitrogen and oxygen atoms in total. The number of hydrogen-bond donors (Lipinski definition) is 1. The van der Waals surface area contributed by atoms with Crippen LogP contribution >= 0.6 is 15.9 Å². The van der Waals surface area contributed by atoms with Crippen LogP contribution in [0.5, 0.6) is 0 Å². The van der Waals surface area contributed by atoms with E-state index in [-0.39, 0.29) is 0 Å². The summed E-state index contributed by atoms with van der Waals surface area (Å²) in [5.74, 6) is 1.54. The molecule has 94 valence electrons. The predicted octanol–water partition coefficient (Wildman–Crippen LogP) is 4.99. The van der Waals surface area contributed by atoms with Gasteiger partial charge >= 0.3 is 0 Å². The van der Waals surface area contributed by atoms with Crippen LogP contribution in [0.4, 0.5) is 5.69 Å². The van der Waals surface area contributed by atoms with Gasteiger partial charge in [0.05, 0.1) is 0 Å². The van der Waals surface area contributed by atoms with Crippen molar-refractivity contribution in [3.8, 4) is 0 Å². The molecule has 2 unspecified atom stereocenters. The maximum Gasteiger partial charge on any atom is 0.0489 e. The van der Waals surface area contributed by atoms with Crippen LogP contribution in [0.25, 0.3) is 0 Å². The molecule has 1 aromatic rings. The minimum Gasteiger partial charge on any atom is -0.381 e. The number of nitrogens with one attached hydrogen (secondary N) is 1. The zero-order chi connectivity index (χ0) is 12.4. The van der Waals surface area contributed by atoms with Gasteiger partial charge in [-0.15, -0.1) is 0 Å². The summed E-state index contributed by atoms with van der Waals surface area (Å²) in [6.07, 6.45) is 4.09. The molecule has 0 spiro atoms. The second kappa shape index (κ2) is 5.43. The normalized spacial score (nSPS) is 29.1. The van der Waals surface area contributed by atoms with Gasteiger partial charge in [0.1, 0.15) is 0 Å². The number of aryl methyl sites for hydroxylation is 1. The van der Waals surface area contributed by atoms with Gasteiger partial charge in [0, 0.05) is 16.2 Å². The Hall–Kier alpha value is -0.500. The fraction of sp³-hybridized carbons (Fsp3) is 0.600. The highest BCUT2D eigenvalue weighted by atomic mass is 79.9. The number of hydrogen-bond acceptors (Lipinski definition) is 1. The molecule has 17 heavy (non-hydrogen) atoms. The Morgan fingerprint density at radius 3 is 2.47 bits per heavy atom. The second-order valence-corrected chi connectivity index (χ2v) is 6.39. The van der Waals surface area contributed by atoms with Crippen molar-refractivity contribution in [2.24, 2.45) is 11.8 Å². The topological polar surface area (TPSA) is 12.0 Å². The molecular weight excluding hydrogens is 274 g/mol. The van der Waals surface area contributed by atoms with Crippen LogP contribution in [0.1, 0.15) is 38.7 Å². The van der Waals surface area contributed by atoms with Gasteiger partial charge < -0.3 is 5.32 Å². The maximum atomic E-state index is 3.74. The summed E-state index contributed by atoms with van der Waals surface area (Å²) in [6.45, 7) is 6.89. The van der Waals surface area contributed by atoms with E-state index in [9.17, 15) is 0 Å². The van der Waals surface area contributed by atoms with E-state index < -0.39 is 0 Å². The van der Waals surface area contributed by atoms with E-state index in [0.29, 0.717) is 6.04 Å². The molecule has 1 aliphatic carbocycles. The predicted molar refractivity (Wildman–Crippen MR) is 78.5 cm³/mol. The zero-order valence-electron chi connectivity index (χ0n) is 11.0. The molecule has 0 amide bonds. The van der Waals surface area contributed by atoms with E-state index in [0.717, 1.165) is 11.8 Å². The summed E-state index contributed by atoms with van der Waals surface area (Å²) < 4.78 is 1.17. The molecule has 0 aromatic heterocycles. The second-order valence-electron chi connectivity index (χ2n) is 5.54. The molecule has 1 aliphatic rings. The molecule has 1 aromatic carbocycles. The molecule has 2 heteroatoms. The highest BCUT2D eigenvalue weighted by Crippen LogP contribution is 2.33. The Morgan fingerprint density at radius 1 is 1.18 bits per heavy atom. The first-order valence-corrected chi connectivity index (χ1v) is 7.40. The number of halogens is 1. The lowest BCUT2D eigenvalue weighted by molar-refractivity contribution is 0.268. The lowest BCUT2D eigenvalue weighted by Crippen LogP contribution is -2.37. The van der Waals surface area contributed by atoms with Gasteiger partial charge in [0.25, 0.3) is 0 Å². The summed E-state index contributed by atoms with van der Waals surface area (Å²) in [4.78, 5) is 0. The van der Waals surface area contributed by atoms with Crippen LogP contribution in [0.2, 0.25) is 0 Å². The molecule has 0 bridgehead atoms. The van der Waals surface area contributed by atoms with Gasteiger partial charge in [0.2, 0.25) is 0 Å². The Morgan fingerprint density at radius 2 is 1.82 bits per heavy atom. The van der Waals surface area contributed by atoms with Crippen molar-refractivity contribution in [3.63, 3.8) is 0 Å². The van der Waals surface area contributed by atoms with Gasteiger partial charge in [-0.25, -0.2) is 0 Å². The van der Waals surface area contributed by atoms with Gasteiger partial charge in [-0.1, -0.05) is 26.3 Å². The largest absolute Gasteiger partial charge is 0.381 e. The first-order chi connectivity index (χ1) is 8.08. The molecule has 0 saturated heterocycles. The highest BCUT2D eigenvalue weighted by Gasteiger charge is 2.27. The lowest BCUT2D eigenvalue weighted by atomic mass is 9.78. The third-order valence-electron chi connectivity index (χ3n) is 3.99. The molecule has 1 fully saturated rings. The standard InChI is InChI=1S/C15H22BrN/c1-10-7-8-13(16)14(9-10)17-15-11(2)5-4-6-12(15)3/h7-9,11-12,15,17H,4-6H2,1-3H3. The van der Waals surface area contributed by atoms with Crippen molar-refractivity contribution in [3.05, 3.63) is 28.2 Å². The monoisotopic (exact) mass is 295 g/mol. The van der Waals surface area contributed by atoms with Crippen molar-refractivity contribution < 1.29 is 0 Å². The first-order valence-electron chi connectivity index (χ1n) is 6.60. The Bertz CT molecular complexity index is 379. The maximum absolute atomic E-state index is 3.74. The molecule has 2 atom stereocenters. The van der Waals surface area contributed by atoms with Crippen molar-refractivity contribution >= 4 is 21.6 Å². The average Bonchev–Trinajstić information content (AvgIpc) is 2.28. The Balaban J connectivity index is 2.16. The van der Waals surface area contributed by atoms with Crippen LogP contribution < -0.4 is 5.32 Å². The van der Waals surface area contributed by atoms with Crippen LogP contribution in [-0.4, -0.2) is 6.04 Å². The Kier molecular flexibility index (Phi) is 4.13. The Labute approximate surface area is 113 Å². The van der Waals surface area contributed by atoms with Gasteiger partial charge in [-0.3, -0.25) is 0 Å². The van der Waals surface area contributed by atoms with E-state index in [2.05, 4.69) is 60.2 Å². The number of anilines is 1. The van der Waals surface area contributed by atoms with Crippen molar-refractivity contribution in [1.29, 1.82) is 0 Å². The summed E-state index contributed by atoms with van der Waals surface area (Å²) >= 11 is 3.63. The third kappa shape index (κ3) is 3.04. The highest BCUT2D eigenvalue weighted by molar-refractivity contribution is 9.10. The van der Waals surface area contributed by atoms with E-state index in [1.54, 1.807) is 0 Å². The average molecular weight is 296 g/mol. The van der Waals surface area contributed by atoms with Crippen LogP contribution in [0, 0.1) is 18.8 Å². The number of rotatable bonds is 2. The fourth-order valence-corrected chi connectivity index (χ4v) is 3.26. The molecule has 0 aliphatic heterocycles. The molecule has 1 N–H and O–H groups in total.